The van der Waals surface area contributed by atoms with Gasteiger partial charge in [0.15, 0.2) is 0 Å². The maximum atomic E-state index is 12.4. The normalized spacial score (nSPS) is 24.0. The van der Waals surface area contributed by atoms with Gasteiger partial charge in [0.1, 0.15) is 16.9 Å². The summed E-state index contributed by atoms with van der Waals surface area (Å²) >= 11 is 1.81. The van der Waals surface area contributed by atoms with Crippen molar-refractivity contribution >= 4 is 17.7 Å². The average molecular weight is 324 g/mol. The number of aryl methyl sites for hydroxylation is 1. The summed E-state index contributed by atoms with van der Waals surface area (Å²) in [5.74, 6) is 3.02. The van der Waals surface area contributed by atoms with Crippen LogP contribution in [0.15, 0.2) is 16.5 Å². The highest BCUT2D eigenvalue weighted by molar-refractivity contribution is 7.99. The first kappa shape index (κ1) is 15.9. The van der Waals surface area contributed by atoms with Crippen LogP contribution in [0, 0.1) is 0 Å². The summed E-state index contributed by atoms with van der Waals surface area (Å²) < 4.78 is 11.3. The number of carbonyl (C=O) groups is 1. The highest BCUT2D eigenvalue weighted by atomic mass is 32.2. The van der Waals surface area contributed by atoms with E-state index in [4.69, 9.17) is 9.15 Å². The molecule has 3 rings (SSSR count). The van der Waals surface area contributed by atoms with Crippen LogP contribution in [-0.4, -0.2) is 60.9 Å². The van der Waals surface area contributed by atoms with Gasteiger partial charge in [-0.15, -0.1) is 11.8 Å². The fourth-order valence-corrected chi connectivity index (χ4v) is 4.10. The van der Waals surface area contributed by atoms with Crippen molar-refractivity contribution in [3.63, 3.8) is 0 Å². The third kappa shape index (κ3) is 3.67. The van der Waals surface area contributed by atoms with Gasteiger partial charge in [0.25, 0.3) is 0 Å². The Morgan fingerprint density at radius 1 is 1.27 bits per heavy atom. The predicted octanol–water partition coefficient (Wildman–Crippen LogP) is 2.14. The monoisotopic (exact) mass is 324 g/mol. The second-order valence-electron chi connectivity index (χ2n) is 5.67. The number of hydrogen-bond donors (Lipinski definition) is 0. The summed E-state index contributed by atoms with van der Waals surface area (Å²) in [6.07, 6.45) is 1.52. The Labute approximate surface area is 136 Å². The van der Waals surface area contributed by atoms with E-state index in [1.54, 1.807) is 11.8 Å². The summed E-state index contributed by atoms with van der Waals surface area (Å²) in [4.78, 5) is 16.7. The van der Waals surface area contributed by atoms with Gasteiger partial charge in [-0.25, -0.2) is 0 Å². The van der Waals surface area contributed by atoms with E-state index in [-0.39, 0.29) is 11.3 Å². The largest absolute Gasteiger partial charge is 0.463 e. The Kier molecular flexibility index (Phi) is 5.44. The third-order valence-electron chi connectivity index (χ3n) is 4.23. The number of nitrogens with zero attached hydrogens (tertiary/aromatic N) is 2. The third-order valence-corrected chi connectivity index (χ3v) is 5.47. The van der Waals surface area contributed by atoms with Gasteiger partial charge < -0.3 is 14.1 Å². The van der Waals surface area contributed by atoms with E-state index in [0.717, 1.165) is 63.1 Å². The molecule has 5 nitrogen and oxygen atoms in total. The Morgan fingerprint density at radius 2 is 2.09 bits per heavy atom. The van der Waals surface area contributed by atoms with Crippen molar-refractivity contribution in [2.75, 3.05) is 45.1 Å². The standard InChI is InChI=1S/C16H24N2O3S/c1-2-13-3-4-14(21-13)16-18(15(19)5-12-22-16)7-6-17-8-10-20-11-9-17/h3-4,16H,2,5-12H2,1H3. The smallest absolute Gasteiger partial charge is 0.224 e. The molecule has 2 saturated heterocycles. The number of ether oxygens (including phenoxy) is 1. The van der Waals surface area contributed by atoms with Gasteiger partial charge in [-0.3, -0.25) is 9.69 Å². The molecule has 0 spiro atoms. The lowest BCUT2D eigenvalue weighted by Gasteiger charge is -2.36. The summed E-state index contributed by atoms with van der Waals surface area (Å²) in [6, 6.07) is 4.05. The first-order valence-corrected chi connectivity index (χ1v) is 9.12. The molecule has 1 aromatic rings. The van der Waals surface area contributed by atoms with E-state index >= 15 is 0 Å². The summed E-state index contributed by atoms with van der Waals surface area (Å²) in [6.45, 7) is 7.26. The lowest BCUT2D eigenvalue weighted by atomic mass is 10.3. The first-order chi connectivity index (χ1) is 10.8. The molecule has 0 bridgehead atoms. The van der Waals surface area contributed by atoms with E-state index in [1.165, 1.54) is 0 Å². The van der Waals surface area contributed by atoms with E-state index in [1.807, 2.05) is 17.0 Å². The Morgan fingerprint density at radius 3 is 2.82 bits per heavy atom. The van der Waals surface area contributed by atoms with Crippen LogP contribution in [0.3, 0.4) is 0 Å². The van der Waals surface area contributed by atoms with E-state index in [9.17, 15) is 4.79 Å². The predicted molar refractivity (Wildman–Crippen MR) is 86.9 cm³/mol. The molecule has 0 N–H and O–H groups in total. The molecule has 0 aromatic carbocycles. The molecule has 2 aliphatic heterocycles. The van der Waals surface area contributed by atoms with Crippen molar-refractivity contribution in [2.45, 2.75) is 25.1 Å². The second kappa shape index (κ2) is 7.53. The minimum absolute atomic E-state index is 0.0302. The Hall–Kier alpha value is -0.980. The van der Waals surface area contributed by atoms with Gasteiger partial charge in [-0.05, 0) is 12.1 Å². The van der Waals surface area contributed by atoms with E-state index in [0.29, 0.717) is 6.42 Å². The Bertz CT molecular complexity index is 499. The number of morpholine rings is 1. The second-order valence-corrected chi connectivity index (χ2v) is 6.86. The van der Waals surface area contributed by atoms with Crippen LogP contribution in [0.1, 0.15) is 30.2 Å². The van der Waals surface area contributed by atoms with Crippen molar-refractivity contribution in [3.05, 3.63) is 23.7 Å². The number of carbonyl (C=O) groups excluding carboxylic acids is 1. The lowest BCUT2D eigenvalue weighted by molar-refractivity contribution is -0.132. The maximum Gasteiger partial charge on any atom is 0.224 e. The SMILES string of the molecule is CCc1ccc(C2SCCC(=O)N2CCN2CCOCC2)o1. The summed E-state index contributed by atoms with van der Waals surface area (Å²) in [5.41, 5.74) is 0. The van der Waals surface area contributed by atoms with Crippen molar-refractivity contribution in [1.82, 2.24) is 9.80 Å². The maximum absolute atomic E-state index is 12.4. The fraction of sp³-hybridized carbons (Fsp3) is 0.688. The highest BCUT2D eigenvalue weighted by Crippen LogP contribution is 2.37. The van der Waals surface area contributed by atoms with Crippen LogP contribution in [-0.2, 0) is 16.0 Å². The number of thioether (sulfide) groups is 1. The molecular formula is C16H24N2O3S. The van der Waals surface area contributed by atoms with Crippen molar-refractivity contribution in [2.24, 2.45) is 0 Å². The van der Waals surface area contributed by atoms with E-state index in [2.05, 4.69) is 11.8 Å². The first-order valence-electron chi connectivity index (χ1n) is 8.07. The van der Waals surface area contributed by atoms with Crippen LogP contribution in [0.4, 0.5) is 0 Å². The number of amides is 1. The van der Waals surface area contributed by atoms with Gasteiger partial charge in [0, 0.05) is 44.8 Å². The van der Waals surface area contributed by atoms with E-state index < -0.39 is 0 Å². The molecule has 0 radical (unpaired) electrons. The molecule has 0 saturated carbocycles. The van der Waals surface area contributed by atoms with Crippen LogP contribution < -0.4 is 0 Å². The average Bonchev–Trinajstić information content (AvgIpc) is 3.03. The minimum Gasteiger partial charge on any atom is -0.463 e. The summed E-state index contributed by atoms with van der Waals surface area (Å²) in [7, 11) is 0. The molecule has 3 heterocycles. The van der Waals surface area contributed by atoms with Gasteiger partial charge >= 0.3 is 0 Å². The number of hydrogen-bond acceptors (Lipinski definition) is 5. The topological polar surface area (TPSA) is 45.9 Å². The molecule has 1 atom stereocenters. The van der Waals surface area contributed by atoms with Crippen LogP contribution in [0.25, 0.3) is 0 Å². The van der Waals surface area contributed by atoms with Crippen LogP contribution >= 0.6 is 11.8 Å². The zero-order valence-corrected chi connectivity index (χ0v) is 13.9. The highest BCUT2D eigenvalue weighted by Gasteiger charge is 2.32. The molecule has 1 unspecified atom stereocenters. The van der Waals surface area contributed by atoms with Gasteiger partial charge in [0.05, 0.1) is 13.2 Å². The lowest BCUT2D eigenvalue weighted by Crippen LogP contribution is -2.45. The molecule has 2 aliphatic rings. The molecule has 1 aromatic heterocycles. The summed E-state index contributed by atoms with van der Waals surface area (Å²) in [5, 5.41) is 0.0302. The van der Waals surface area contributed by atoms with Crippen molar-refractivity contribution in [3.8, 4) is 0 Å². The Balaban J connectivity index is 1.65. The van der Waals surface area contributed by atoms with Gasteiger partial charge in [0.2, 0.25) is 5.91 Å². The van der Waals surface area contributed by atoms with Crippen LogP contribution in [0.2, 0.25) is 0 Å². The quantitative estimate of drug-likeness (QED) is 0.830. The molecule has 0 aliphatic carbocycles. The zero-order valence-electron chi connectivity index (χ0n) is 13.1. The molecule has 6 heteroatoms. The van der Waals surface area contributed by atoms with Crippen molar-refractivity contribution < 1.29 is 13.9 Å². The van der Waals surface area contributed by atoms with Crippen molar-refractivity contribution in [1.29, 1.82) is 0 Å². The minimum atomic E-state index is 0.0302. The molecular weight excluding hydrogens is 300 g/mol. The number of furan rings is 1. The van der Waals surface area contributed by atoms with Gasteiger partial charge in [-0.1, -0.05) is 6.92 Å². The fourth-order valence-electron chi connectivity index (χ4n) is 2.89. The zero-order chi connectivity index (χ0) is 15.4. The molecule has 22 heavy (non-hydrogen) atoms. The van der Waals surface area contributed by atoms with Crippen LogP contribution in [0.5, 0.6) is 0 Å². The number of rotatable bonds is 5. The molecule has 122 valence electrons. The van der Waals surface area contributed by atoms with Gasteiger partial charge in [-0.2, -0.15) is 0 Å². The molecule has 1 amide bonds. The molecule has 2 fully saturated rings.